The molecule has 1 aromatic heterocycles. The molecule has 122 valence electrons. The second-order valence-corrected chi connectivity index (χ2v) is 5.86. The number of rotatable bonds is 5. The SMILES string of the molecule is Cc1cnn(CC(=O)NC(c2ccc(F)cc2)C2CCCO2)c1. The van der Waals surface area contributed by atoms with Crippen LogP contribution in [0.4, 0.5) is 4.39 Å². The van der Waals surface area contributed by atoms with Gasteiger partial charge in [-0.05, 0) is 43.0 Å². The van der Waals surface area contributed by atoms with Crippen LogP contribution >= 0.6 is 0 Å². The molecular formula is C17H20FN3O2. The molecule has 0 radical (unpaired) electrons. The Balaban J connectivity index is 1.72. The minimum Gasteiger partial charge on any atom is -0.376 e. The van der Waals surface area contributed by atoms with Crippen molar-refractivity contribution in [1.82, 2.24) is 15.1 Å². The molecule has 1 fully saturated rings. The molecule has 2 aromatic rings. The minimum atomic E-state index is -0.293. The first kappa shape index (κ1) is 15.7. The highest BCUT2D eigenvalue weighted by Crippen LogP contribution is 2.27. The molecule has 0 bridgehead atoms. The number of nitrogens with zero attached hydrogens (tertiary/aromatic N) is 2. The highest BCUT2D eigenvalue weighted by Gasteiger charge is 2.28. The summed E-state index contributed by atoms with van der Waals surface area (Å²) in [6.07, 6.45) is 5.30. The first-order valence-electron chi connectivity index (χ1n) is 7.77. The molecule has 1 amide bonds. The Morgan fingerprint density at radius 3 is 2.87 bits per heavy atom. The number of nitrogens with one attached hydrogen (secondary N) is 1. The van der Waals surface area contributed by atoms with E-state index in [1.54, 1.807) is 23.0 Å². The maximum atomic E-state index is 13.1. The first-order valence-corrected chi connectivity index (χ1v) is 7.77. The molecule has 0 saturated carbocycles. The van der Waals surface area contributed by atoms with Crippen molar-refractivity contribution in [3.05, 3.63) is 53.6 Å². The molecule has 1 N–H and O–H groups in total. The zero-order valence-corrected chi connectivity index (χ0v) is 13.0. The monoisotopic (exact) mass is 317 g/mol. The van der Waals surface area contributed by atoms with Gasteiger partial charge in [0, 0.05) is 12.8 Å². The summed E-state index contributed by atoms with van der Waals surface area (Å²) in [5.41, 5.74) is 1.86. The van der Waals surface area contributed by atoms with Crippen molar-refractivity contribution in [2.24, 2.45) is 0 Å². The van der Waals surface area contributed by atoms with Crippen LogP contribution in [0.25, 0.3) is 0 Å². The van der Waals surface area contributed by atoms with Crippen LogP contribution < -0.4 is 5.32 Å². The molecule has 0 spiro atoms. The fourth-order valence-electron chi connectivity index (χ4n) is 2.85. The third kappa shape index (κ3) is 3.96. The summed E-state index contributed by atoms with van der Waals surface area (Å²) in [4.78, 5) is 12.3. The number of hydrogen-bond donors (Lipinski definition) is 1. The van der Waals surface area contributed by atoms with Crippen LogP contribution in [-0.2, 0) is 16.1 Å². The van der Waals surface area contributed by atoms with Gasteiger partial charge < -0.3 is 10.1 Å². The molecule has 5 nitrogen and oxygen atoms in total. The first-order chi connectivity index (χ1) is 11.1. The molecular weight excluding hydrogens is 297 g/mol. The Labute approximate surface area is 134 Å². The predicted molar refractivity (Wildman–Crippen MR) is 83.2 cm³/mol. The molecule has 2 heterocycles. The Morgan fingerprint density at radius 1 is 1.48 bits per heavy atom. The van der Waals surface area contributed by atoms with Crippen LogP contribution in [0, 0.1) is 12.7 Å². The summed E-state index contributed by atoms with van der Waals surface area (Å²) in [5, 5.41) is 7.13. The number of carbonyl (C=O) groups is 1. The zero-order chi connectivity index (χ0) is 16.2. The third-order valence-corrected chi connectivity index (χ3v) is 3.95. The molecule has 2 unspecified atom stereocenters. The Kier molecular flexibility index (Phi) is 4.71. The van der Waals surface area contributed by atoms with Crippen LogP contribution in [0.5, 0.6) is 0 Å². The summed E-state index contributed by atoms with van der Waals surface area (Å²) < 4.78 is 20.5. The third-order valence-electron chi connectivity index (χ3n) is 3.95. The molecule has 2 atom stereocenters. The summed E-state index contributed by atoms with van der Waals surface area (Å²) in [5.74, 6) is -0.434. The second kappa shape index (κ2) is 6.91. The van der Waals surface area contributed by atoms with E-state index in [9.17, 15) is 9.18 Å². The molecule has 1 aliphatic rings. The lowest BCUT2D eigenvalue weighted by Crippen LogP contribution is -2.38. The maximum Gasteiger partial charge on any atom is 0.242 e. The molecule has 23 heavy (non-hydrogen) atoms. The van der Waals surface area contributed by atoms with Gasteiger partial charge in [-0.1, -0.05) is 12.1 Å². The lowest BCUT2D eigenvalue weighted by atomic mass is 9.99. The molecule has 1 aliphatic heterocycles. The van der Waals surface area contributed by atoms with E-state index in [0.29, 0.717) is 6.61 Å². The summed E-state index contributed by atoms with van der Waals surface area (Å²) in [7, 11) is 0. The number of aryl methyl sites for hydroxylation is 1. The molecule has 6 heteroatoms. The lowest BCUT2D eigenvalue weighted by molar-refractivity contribution is -0.123. The van der Waals surface area contributed by atoms with Gasteiger partial charge in [0.05, 0.1) is 18.3 Å². The van der Waals surface area contributed by atoms with Gasteiger partial charge in [0.2, 0.25) is 5.91 Å². The Bertz CT molecular complexity index is 663. The number of carbonyl (C=O) groups excluding carboxylic acids is 1. The van der Waals surface area contributed by atoms with E-state index >= 15 is 0 Å². The van der Waals surface area contributed by atoms with E-state index < -0.39 is 0 Å². The van der Waals surface area contributed by atoms with Gasteiger partial charge >= 0.3 is 0 Å². The van der Waals surface area contributed by atoms with E-state index in [0.717, 1.165) is 24.0 Å². The fourth-order valence-corrected chi connectivity index (χ4v) is 2.85. The maximum absolute atomic E-state index is 13.1. The Hall–Kier alpha value is -2.21. The largest absolute Gasteiger partial charge is 0.376 e. The van der Waals surface area contributed by atoms with Gasteiger partial charge in [0.1, 0.15) is 12.4 Å². The number of amides is 1. The van der Waals surface area contributed by atoms with Gasteiger partial charge in [-0.2, -0.15) is 5.10 Å². The van der Waals surface area contributed by atoms with E-state index in [4.69, 9.17) is 4.74 Å². The van der Waals surface area contributed by atoms with Gasteiger partial charge in [-0.3, -0.25) is 9.48 Å². The molecule has 3 rings (SSSR count). The van der Waals surface area contributed by atoms with Crippen LogP contribution in [0.1, 0.15) is 30.0 Å². The lowest BCUT2D eigenvalue weighted by Gasteiger charge is -2.24. The predicted octanol–water partition coefficient (Wildman–Crippen LogP) is 2.37. The Morgan fingerprint density at radius 2 is 2.26 bits per heavy atom. The van der Waals surface area contributed by atoms with Gasteiger partial charge in [-0.25, -0.2) is 4.39 Å². The van der Waals surface area contributed by atoms with Crippen molar-refractivity contribution in [2.75, 3.05) is 6.61 Å². The zero-order valence-electron chi connectivity index (χ0n) is 13.0. The number of benzene rings is 1. The van der Waals surface area contributed by atoms with E-state index in [1.807, 2.05) is 13.1 Å². The average molecular weight is 317 g/mol. The topological polar surface area (TPSA) is 56.2 Å². The smallest absolute Gasteiger partial charge is 0.242 e. The highest BCUT2D eigenvalue weighted by atomic mass is 19.1. The van der Waals surface area contributed by atoms with Crippen LogP contribution in [0.3, 0.4) is 0 Å². The van der Waals surface area contributed by atoms with Gasteiger partial charge in [-0.15, -0.1) is 0 Å². The summed E-state index contributed by atoms with van der Waals surface area (Å²) in [6, 6.07) is 5.92. The van der Waals surface area contributed by atoms with Crippen molar-refractivity contribution in [2.45, 2.75) is 38.5 Å². The minimum absolute atomic E-state index is 0.0798. The normalized spacial score (nSPS) is 18.8. The summed E-state index contributed by atoms with van der Waals surface area (Å²) >= 11 is 0. The van der Waals surface area contributed by atoms with Crippen LogP contribution in [-0.4, -0.2) is 28.4 Å². The average Bonchev–Trinajstić information content (AvgIpc) is 3.18. The van der Waals surface area contributed by atoms with E-state index in [2.05, 4.69) is 10.4 Å². The van der Waals surface area contributed by atoms with Crippen molar-refractivity contribution in [3.63, 3.8) is 0 Å². The number of hydrogen-bond acceptors (Lipinski definition) is 3. The fraction of sp³-hybridized carbons (Fsp3) is 0.412. The van der Waals surface area contributed by atoms with Crippen molar-refractivity contribution in [1.29, 1.82) is 0 Å². The van der Waals surface area contributed by atoms with Gasteiger partial charge in [0.15, 0.2) is 0 Å². The van der Waals surface area contributed by atoms with Gasteiger partial charge in [0.25, 0.3) is 0 Å². The molecule has 0 aliphatic carbocycles. The quantitative estimate of drug-likeness (QED) is 0.921. The van der Waals surface area contributed by atoms with E-state index in [-0.39, 0.29) is 30.4 Å². The number of halogens is 1. The standard InChI is InChI=1S/C17H20FN3O2/c1-12-9-19-21(10-12)11-16(22)20-17(15-3-2-8-23-15)13-4-6-14(18)7-5-13/h4-7,9-10,15,17H,2-3,8,11H2,1H3,(H,20,22). The summed E-state index contributed by atoms with van der Waals surface area (Å²) in [6.45, 7) is 2.77. The van der Waals surface area contributed by atoms with Crippen LogP contribution in [0.15, 0.2) is 36.7 Å². The number of aromatic nitrogens is 2. The van der Waals surface area contributed by atoms with Crippen molar-refractivity contribution < 1.29 is 13.9 Å². The van der Waals surface area contributed by atoms with Crippen molar-refractivity contribution >= 4 is 5.91 Å². The van der Waals surface area contributed by atoms with Crippen LogP contribution in [0.2, 0.25) is 0 Å². The molecule has 1 saturated heterocycles. The number of ether oxygens (including phenoxy) is 1. The molecule has 1 aromatic carbocycles. The highest BCUT2D eigenvalue weighted by molar-refractivity contribution is 5.76. The van der Waals surface area contributed by atoms with E-state index in [1.165, 1.54) is 12.1 Å². The van der Waals surface area contributed by atoms with Crippen molar-refractivity contribution in [3.8, 4) is 0 Å². The second-order valence-electron chi connectivity index (χ2n) is 5.86.